The molecule has 8 heteroatoms. The number of aryl methyl sites for hydroxylation is 1. The first-order valence-electron chi connectivity index (χ1n) is 6.63. The molecule has 110 valence electrons. The van der Waals surface area contributed by atoms with Gasteiger partial charge in [0, 0.05) is 25.9 Å². The van der Waals surface area contributed by atoms with Crippen molar-refractivity contribution in [1.82, 2.24) is 30.0 Å². The van der Waals surface area contributed by atoms with Crippen LogP contribution >= 0.6 is 0 Å². The molecule has 0 fully saturated rings. The Balaban J connectivity index is 1.79. The minimum Gasteiger partial charge on any atom is -0.331 e. The fourth-order valence-electron chi connectivity index (χ4n) is 2.31. The minimum atomic E-state index is -0.0107. The van der Waals surface area contributed by atoms with E-state index in [9.17, 15) is 4.79 Å². The highest BCUT2D eigenvalue weighted by Gasteiger charge is 2.29. The molecule has 8 nitrogen and oxygen atoms in total. The molecule has 2 amide bonds. The molecule has 1 aliphatic rings. The third-order valence-electron chi connectivity index (χ3n) is 3.33. The average molecular weight is 287 g/mol. The number of hydrogen-bond donors (Lipinski definition) is 2. The maximum Gasteiger partial charge on any atom is 0.320 e. The van der Waals surface area contributed by atoms with Crippen LogP contribution in [0.15, 0.2) is 12.3 Å². The van der Waals surface area contributed by atoms with E-state index >= 15 is 0 Å². The van der Waals surface area contributed by atoms with Crippen molar-refractivity contribution in [2.75, 3.05) is 19.4 Å². The molecule has 3 rings (SSSR count). The van der Waals surface area contributed by atoms with Crippen LogP contribution in [0.1, 0.15) is 17.1 Å². The van der Waals surface area contributed by atoms with E-state index in [0.29, 0.717) is 30.5 Å². The smallest absolute Gasteiger partial charge is 0.320 e. The van der Waals surface area contributed by atoms with Gasteiger partial charge in [0.15, 0.2) is 5.82 Å². The second-order valence-electron chi connectivity index (χ2n) is 5.18. The normalized spacial score (nSPS) is 13.2. The molecule has 0 saturated carbocycles. The molecule has 2 N–H and O–H groups in total. The predicted octanol–water partition coefficient (Wildman–Crippen LogP) is 1.25. The van der Waals surface area contributed by atoms with E-state index in [1.54, 1.807) is 36.2 Å². The van der Waals surface area contributed by atoms with Gasteiger partial charge in [0.05, 0.1) is 18.8 Å². The molecule has 0 aromatic carbocycles. The standard InChI is InChI=1S/C13H17N7O/c1-8-14-5-4-11(15-8)16-12-9-6-20(13(21)19(2)3)7-10(9)17-18-12/h4-5H,6-7H2,1-3H3,(H2,14,15,16,17,18). The van der Waals surface area contributed by atoms with Crippen molar-refractivity contribution in [2.45, 2.75) is 20.0 Å². The Bertz CT molecular complexity index is 679. The number of nitrogens with one attached hydrogen (secondary N) is 2. The summed E-state index contributed by atoms with van der Waals surface area (Å²) in [5.74, 6) is 2.09. The van der Waals surface area contributed by atoms with Gasteiger partial charge in [0.25, 0.3) is 0 Å². The van der Waals surface area contributed by atoms with Crippen molar-refractivity contribution in [3.8, 4) is 0 Å². The molecule has 0 bridgehead atoms. The topological polar surface area (TPSA) is 90.0 Å². The Kier molecular flexibility index (Phi) is 3.20. The first-order chi connectivity index (χ1) is 10.0. The van der Waals surface area contributed by atoms with Crippen molar-refractivity contribution in [1.29, 1.82) is 0 Å². The average Bonchev–Trinajstić information content (AvgIpc) is 3.00. The molecule has 0 radical (unpaired) electrons. The van der Waals surface area contributed by atoms with Crippen LogP contribution in [0.5, 0.6) is 0 Å². The highest BCUT2D eigenvalue weighted by molar-refractivity contribution is 5.75. The quantitative estimate of drug-likeness (QED) is 0.867. The molecule has 2 aromatic rings. The van der Waals surface area contributed by atoms with E-state index in [-0.39, 0.29) is 6.03 Å². The Morgan fingerprint density at radius 2 is 2.24 bits per heavy atom. The minimum absolute atomic E-state index is 0.0107. The number of rotatable bonds is 2. The summed E-state index contributed by atoms with van der Waals surface area (Å²) in [7, 11) is 3.49. The van der Waals surface area contributed by atoms with Crippen LogP contribution in [0.25, 0.3) is 0 Å². The zero-order valence-electron chi connectivity index (χ0n) is 12.2. The summed E-state index contributed by atoms with van der Waals surface area (Å²) >= 11 is 0. The number of fused-ring (bicyclic) bond motifs is 1. The molecule has 0 aliphatic carbocycles. The molecular weight excluding hydrogens is 270 g/mol. The first-order valence-corrected chi connectivity index (χ1v) is 6.63. The molecule has 0 saturated heterocycles. The van der Waals surface area contributed by atoms with Gasteiger partial charge in [0.1, 0.15) is 11.6 Å². The summed E-state index contributed by atoms with van der Waals surface area (Å²) in [6.07, 6.45) is 1.69. The third-order valence-corrected chi connectivity index (χ3v) is 3.33. The third kappa shape index (κ3) is 2.51. The SMILES string of the molecule is Cc1nccc(Nc2n[nH]c3c2CN(C(=O)N(C)C)C3)n1. The second kappa shape index (κ2) is 5.04. The van der Waals surface area contributed by atoms with Crippen molar-refractivity contribution in [3.63, 3.8) is 0 Å². The molecule has 0 atom stereocenters. The van der Waals surface area contributed by atoms with E-state index in [4.69, 9.17) is 0 Å². The lowest BCUT2D eigenvalue weighted by Crippen LogP contribution is -2.35. The number of nitrogens with zero attached hydrogens (tertiary/aromatic N) is 5. The van der Waals surface area contributed by atoms with E-state index in [1.165, 1.54) is 0 Å². The van der Waals surface area contributed by atoms with Crippen LogP contribution in [-0.4, -0.2) is 50.1 Å². The van der Waals surface area contributed by atoms with Crippen molar-refractivity contribution < 1.29 is 4.79 Å². The number of amides is 2. The van der Waals surface area contributed by atoms with Crippen LogP contribution in [0.3, 0.4) is 0 Å². The summed E-state index contributed by atoms with van der Waals surface area (Å²) in [4.78, 5) is 23.7. The fourth-order valence-corrected chi connectivity index (χ4v) is 2.31. The van der Waals surface area contributed by atoms with Gasteiger partial charge in [-0.3, -0.25) is 5.10 Å². The van der Waals surface area contributed by atoms with Gasteiger partial charge >= 0.3 is 6.03 Å². The predicted molar refractivity (Wildman–Crippen MR) is 77.0 cm³/mol. The molecule has 21 heavy (non-hydrogen) atoms. The number of aromatic nitrogens is 4. The van der Waals surface area contributed by atoms with Gasteiger partial charge in [-0.05, 0) is 13.0 Å². The maximum absolute atomic E-state index is 12.0. The number of H-pyrrole nitrogens is 1. The fraction of sp³-hybridized carbons (Fsp3) is 0.385. The summed E-state index contributed by atoms with van der Waals surface area (Å²) < 4.78 is 0. The lowest BCUT2D eigenvalue weighted by atomic mass is 10.3. The van der Waals surface area contributed by atoms with Crippen LogP contribution in [0, 0.1) is 6.92 Å². The first kappa shape index (κ1) is 13.3. The number of hydrogen-bond acceptors (Lipinski definition) is 5. The highest BCUT2D eigenvalue weighted by Crippen LogP contribution is 2.28. The molecule has 2 aromatic heterocycles. The second-order valence-corrected chi connectivity index (χ2v) is 5.18. The zero-order chi connectivity index (χ0) is 15.0. The maximum atomic E-state index is 12.0. The van der Waals surface area contributed by atoms with E-state index < -0.39 is 0 Å². The Labute approximate surface area is 122 Å². The number of carbonyl (C=O) groups is 1. The van der Waals surface area contributed by atoms with Crippen molar-refractivity contribution >= 4 is 17.7 Å². The van der Waals surface area contributed by atoms with Crippen molar-refractivity contribution in [3.05, 3.63) is 29.3 Å². The zero-order valence-corrected chi connectivity index (χ0v) is 12.2. The van der Waals surface area contributed by atoms with Gasteiger partial charge in [-0.15, -0.1) is 0 Å². The monoisotopic (exact) mass is 287 g/mol. The van der Waals surface area contributed by atoms with Gasteiger partial charge in [-0.2, -0.15) is 5.10 Å². The summed E-state index contributed by atoms with van der Waals surface area (Å²) in [6, 6.07) is 1.77. The Morgan fingerprint density at radius 1 is 1.43 bits per heavy atom. The van der Waals surface area contributed by atoms with Gasteiger partial charge in [-0.25, -0.2) is 14.8 Å². The number of urea groups is 1. The van der Waals surface area contributed by atoms with Crippen LogP contribution in [0.4, 0.5) is 16.4 Å². The number of anilines is 2. The largest absolute Gasteiger partial charge is 0.331 e. The van der Waals surface area contributed by atoms with Crippen molar-refractivity contribution in [2.24, 2.45) is 0 Å². The Hall–Kier alpha value is -2.64. The summed E-state index contributed by atoms with van der Waals surface area (Å²) in [6.45, 7) is 2.91. The van der Waals surface area contributed by atoms with Crippen LogP contribution < -0.4 is 5.32 Å². The molecule has 0 unspecified atom stereocenters. The van der Waals surface area contributed by atoms with Gasteiger partial charge < -0.3 is 15.1 Å². The van der Waals surface area contributed by atoms with Gasteiger partial charge in [0.2, 0.25) is 0 Å². The number of aromatic amines is 1. The lowest BCUT2D eigenvalue weighted by molar-refractivity contribution is 0.171. The summed E-state index contributed by atoms with van der Waals surface area (Å²) in [5, 5.41) is 10.4. The van der Waals surface area contributed by atoms with Gasteiger partial charge in [-0.1, -0.05) is 0 Å². The molecular formula is C13H17N7O. The molecule has 3 heterocycles. The van der Waals surface area contributed by atoms with E-state index in [1.807, 2.05) is 6.92 Å². The number of carbonyl (C=O) groups excluding carboxylic acids is 1. The van der Waals surface area contributed by atoms with E-state index in [2.05, 4.69) is 25.5 Å². The highest BCUT2D eigenvalue weighted by atomic mass is 16.2. The molecule has 1 aliphatic heterocycles. The van der Waals surface area contributed by atoms with Crippen LogP contribution in [-0.2, 0) is 13.1 Å². The summed E-state index contributed by atoms with van der Waals surface area (Å²) in [5.41, 5.74) is 1.96. The lowest BCUT2D eigenvalue weighted by Gasteiger charge is -2.20. The molecule has 0 spiro atoms. The Morgan fingerprint density at radius 3 is 2.95 bits per heavy atom. The van der Waals surface area contributed by atoms with Crippen LogP contribution in [0.2, 0.25) is 0 Å². The van der Waals surface area contributed by atoms with E-state index in [0.717, 1.165) is 11.3 Å².